The van der Waals surface area contributed by atoms with Gasteiger partial charge >= 0.3 is 0 Å². The number of hydrogen-bond acceptors (Lipinski definition) is 4. The number of nitrogens with two attached hydrogens (primary N) is 2. The highest BCUT2D eigenvalue weighted by Gasteiger charge is 2.40. The van der Waals surface area contributed by atoms with Gasteiger partial charge in [-0.2, -0.15) is 0 Å². The van der Waals surface area contributed by atoms with E-state index in [0.29, 0.717) is 5.75 Å². The van der Waals surface area contributed by atoms with Crippen LogP contribution in [-0.2, 0) is 11.8 Å². The number of aromatic hydroxyl groups is 1. The van der Waals surface area contributed by atoms with Crippen molar-refractivity contribution in [2.75, 3.05) is 5.73 Å². The van der Waals surface area contributed by atoms with E-state index in [4.69, 9.17) is 11.5 Å². The van der Waals surface area contributed by atoms with E-state index in [-0.39, 0.29) is 41.5 Å². The third-order valence-electron chi connectivity index (χ3n) is 4.59. The van der Waals surface area contributed by atoms with Crippen LogP contribution in [0.5, 0.6) is 5.75 Å². The van der Waals surface area contributed by atoms with Crippen LogP contribution in [0.15, 0.2) is 47.4 Å². The maximum absolute atomic E-state index is 9.78. The molecule has 0 spiro atoms. The van der Waals surface area contributed by atoms with Gasteiger partial charge in [0.05, 0.1) is 0 Å². The first-order chi connectivity index (χ1) is 10.4. The van der Waals surface area contributed by atoms with Gasteiger partial charge in [0.2, 0.25) is 0 Å². The molecule has 0 saturated heterocycles. The van der Waals surface area contributed by atoms with Crippen molar-refractivity contribution in [3.63, 3.8) is 0 Å². The van der Waals surface area contributed by atoms with E-state index in [0.717, 1.165) is 22.6 Å². The smallest absolute Gasteiger partial charge is 0.115 e. The summed E-state index contributed by atoms with van der Waals surface area (Å²) < 4.78 is 0. The van der Waals surface area contributed by atoms with Crippen molar-refractivity contribution in [1.29, 1.82) is 0 Å². The number of phenols is 1. The summed E-state index contributed by atoms with van der Waals surface area (Å²) in [6, 6.07) is 13.6. The Morgan fingerprint density at radius 3 is 2.50 bits per heavy atom. The Morgan fingerprint density at radius 1 is 1.12 bits per heavy atom. The van der Waals surface area contributed by atoms with Crippen LogP contribution in [0.4, 0.5) is 5.69 Å². The first-order valence-corrected chi connectivity index (χ1v) is 8.36. The lowest BCUT2D eigenvalue weighted by Crippen LogP contribution is -2.52. The van der Waals surface area contributed by atoms with Crippen molar-refractivity contribution in [3.8, 4) is 5.75 Å². The molecule has 6 heteroatoms. The predicted molar refractivity (Wildman–Crippen MR) is 108 cm³/mol. The van der Waals surface area contributed by atoms with Gasteiger partial charge in [0.1, 0.15) is 5.75 Å². The second-order valence-corrected chi connectivity index (χ2v) is 7.83. The largest absolute Gasteiger partial charge is 0.508 e. The summed E-state index contributed by atoms with van der Waals surface area (Å²) in [7, 11) is 0. The molecule has 0 aromatic heterocycles. The fourth-order valence-corrected chi connectivity index (χ4v) is 4.67. The Labute approximate surface area is 160 Å². The number of halogens is 2. The van der Waals surface area contributed by atoms with Crippen molar-refractivity contribution in [2.24, 2.45) is 5.73 Å². The highest BCUT2D eigenvalue weighted by atomic mass is 35.5. The molecule has 1 aliphatic rings. The number of thioether (sulfide) groups is 1. The lowest BCUT2D eigenvalue weighted by Gasteiger charge is -2.43. The fourth-order valence-electron chi connectivity index (χ4n) is 3.21. The minimum Gasteiger partial charge on any atom is -0.508 e. The number of benzene rings is 2. The second-order valence-electron chi connectivity index (χ2n) is 6.52. The SMILES string of the molecule is CC1(C)c2cc(O)ccc2C[C@@H](Sc2cccc(N)c2)[C@@H]1N.Cl.Cl. The van der Waals surface area contributed by atoms with Crippen molar-refractivity contribution in [1.82, 2.24) is 0 Å². The molecule has 0 saturated carbocycles. The highest BCUT2D eigenvalue weighted by molar-refractivity contribution is 8.00. The average molecular weight is 387 g/mol. The lowest BCUT2D eigenvalue weighted by atomic mass is 9.69. The van der Waals surface area contributed by atoms with E-state index in [1.807, 2.05) is 30.3 Å². The second kappa shape index (κ2) is 7.87. The Balaban J connectivity index is 0.00000144. The zero-order valence-corrected chi connectivity index (χ0v) is 16.2. The van der Waals surface area contributed by atoms with Crippen LogP contribution in [0.1, 0.15) is 25.0 Å². The maximum Gasteiger partial charge on any atom is 0.115 e. The Hall–Kier alpha value is -1.07. The molecule has 3 rings (SSSR count). The summed E-state index contributed by atoms with van der Waals surface area (Å²) in [5.41, 5.74) is 15.5. The van der Waals surface area contributed by atoms with E-state index in [1.54, 1.807) is 17.8 Å². The van der Waals surface area contributed by atoms with Gasteiger partial charge in [-0.3, -0.25) is 0 Å². The van der Waals surface area contributed by atoms with Crippen LogP contribution in [-0.4, -0.2) is 16.4 Å². The van der Waals surface area contributed by atoms with Gasteiger partial charge in [0.15, 0.2) is 0 Å². The molecule has 24 heavy (non-hydrogen) atoms. The predicted octanol–water partition coefficient (Wildman–Crippen LogP) is 4.14. The van der Waals surface area contributed by atoms with Crippen LogP contribution in [0, 0.1) is 0 Å². The van der Waals surface area contributed by atoms with Crippen LogP contribution in [0.25, 0.3) is 0 Å². The van der Waals surface area contributed by atoms with Crippen molar-refractivity contribution >= 4 is 42.3 Å². The number of rotatable bonds is 2. The third kappa shape index (κ3) is 3.94. The van der Waals surface area contributed by atoms with Gasteiger partial charge in [-0.25, -0.2) is 0 Å². The summed E-state index contributed by atoms with van der Waals surface area (Å²) in [5, 5.41) is 10.1. The molecule has 2 atom stereocenters. The fraction of sp³-hybridized carbons (Fsp3) is 0.333. The minimum atomic E-state index is -0.176. The maximum atomic E-state index is 9.78. The van der Waals surface area contributed by atoms with Crippen LogP contribution in [0.2, 0.25) is 0 Å². The van der Waals surface area contributed by atoms with E-state index < -0.39 is 0 Å². The molecule has 2 aromatic carbocycles. The molecular weight excluding hydrogens is 363 g/mol. The monoisotopic (exact) mass is 386 g/mol. The molecule has 0 radical (unpaired) electrons. The molecule has 1 aliphatic carbocycles. The molecule has 0 heterocycles. The number of fused-ring (bicyclic) bond motifs is 1. The normalized spacial score (nSPS) is 21.1. The molecule has 2 aromatic rings. The number of anilines is 1. The summed E-state index contributed by atoms with van der Waals surface area (Å²) in [6.45, 7) is 4.31. The minimum absolute atomic E-state index is 0. The molecule has 5 N–H and O–H groups in total. The van der Waals surface area contributed by atoms with E-state index >= 15 is 0 Å². The quantitative estimate of drug-likeness (QED) is 0.678. The molecule has 0 bridgehead atoms. The summed E-state index contributed by atoms with van der Waals surface area (Å²) >= 11 is 1.79. The van der Waals surface area contributed by atoms with Crippen LogP contribution >= 0.6 is 36.6 Å². The van der Waals surface area contributed by atoms with Crippen molar-refractivity contribution in [2.45, 2.75) is 41.9 Å². The first-order valence-electron chi connectivity index (χ1n) is 7.48. The molecule has 0 unspecified atom stereocenters. The summed E-state index contributed by atoms with van der Waals surface area (Å²) in [4.78, 5) is 1.15. The van der Waals surface area contributed by atoms with Crippen LogP contribution in [0.3, 0.4) is 0 Å². The van der Waals surface area contributed by atoms with E-state index in [2.05, 4.69) is 19.9 Å². The third-order valence-corrected chi connectivity index (χ3v) is 5.88. The average Bonchev–Trinajstić information content (AvgIpc) is 2.46. The molecule has 3 nitrogen and oxygen atoms in total. The number of hydrogen-bond donors (Lipinski definition) is 3. The first kappa shape index (κ1) is 21.0. The Morgan fingerprint density at radius 2 is 1.83 bits per heavy atom. The van der Waals surface area contributed by atoms with Gasteiger partial charge in [-0.1, -0.05) is 26.0 Å². The number of nitrogen functional groups attached to an aromatic ring is 1. The molecular formula is C18H24Cl2N2OS. The van der Waals surface area contributed by atoms with Crippen LogP contribution < -0.4 is 11.5 Å². The Bertz CT molecular complexity index is 709. The van der Waals surface area contributed by atoms with Gasteiger partial charge < -0.3 is 16.6 Å². The standard InChI is InChI=1S/C18H22N2OS.2ClH/c1-18(2)15-10-13(21)7-6-11(15)8-16(17(18)20)22-14-5-3-4-12(19)9-14;;/h3-7,9-10,16-17,21H,8,19-20H2,1-2H3;2*1H/t16-,17+;;/m1../s1. The number of phenolic OH excluding ortho intramolecular Hbond substituents is 1. The zero-order valence-electron chi connectivity index (χ0n) is 13.7. The Kier molecular flexibility index (Phi) is 6.88. The molecule has 0 amide bonds. The molecule has 0 aliphatic heterocycles. The summed E-state index contributed by atoms with van der Waals surface area (Å²) in [5.74, 6) is 0.306. The van der Waals surface area contributed by atoms with Gasteiger partial charge in [0, 0.05) is 27.3 Å². The molecule has 132 valence electrons. The lowest BCUT2D eigenvalue weighted by molar-refractivity contribution is 0.369. The van der Waals surface area contributed by atoms with E-state index in [9.17, 15) is 5.11 Å². The summed E-state index contributed by atoms with van der Waals surface area (Å²) in [6.07, 6.45) is 0.902. The van der Waals surface area contributed by atoms with Crippen molar-refractivity contribution in [3.05, 3.63) is 53.6 Å². The zero-order chi connectivity index (χ0) is 15.9. The van der Waals surface area contributed by atoms with Gasteiger partial charge in [0.25, 0.3) is 0 Å². The van der Waals surface area contributed by atoms with E-state index in [1.165, 1.54) is 5.56 Å². The highest BCUT2D eigenvalue weighted by Crippen LogP contribution is 2.43. The van der Waals surface area contributed by atoms with Gasteiger partial charge in [-0.15, -0.1) is 36.6 Å². The molecule has 0 fully saturated rings. The van der Waals surface area contributed by atoms with Gasteiger partial charge in [-0.05, 0) is 47.9 Å². The van der Waals surface area contributed by atoms with Crippen molar-refractivity contribution < 1.29 is 5.11 Å². The topological polar surface area (TPSA) is 72.3 Å².